The van der Waals surface area contributed by atoms with Crippen LogP contribution in [0.15, 0.2) is 40.0 Å². The van der Waals surface area contributed by atoms with Gasteiger partial charge in [-0.2, -0.15) is 4.68 Å². The van der Waals surface area contributed by atoms with Crippen LogP contribution in [0.1, 0.15) is 18.2 Å². The van der Waals surface area contributed by atoms with E-state index < -0.39 is 0 Å². The molecule has 8 nitrogen and oxygen atoms in total. The highest BCUT2D eigenvalue weighted by Gasteiger charge is 2.12. The van der Waals surface area contributed by atoms with E-state index in [0.29, 0.717) is 16.7 Å². The quantitative estimate of drug-likeness (QED) is 0.685. The molecule has 2 heterocycles. The van der Waals surface area contributed by atoms with Crippen LogP contribution in [0.25, 0.3) is 5.69 Å². The maximum absolute atomic E-state index is 12.0. The number of amides is 1. The van der Waals surface area contributed by atoms with E-state index in [2.05, 4.69) is 32.9 Å². The van der Waals surface area contributed by atoms with Crippen LogP contribution in [0, 0.1) is 6.92 Å². The fourth-order valence-electron chi connectivity index (χ4n) is 2.04. The molecule has 0 fully saturated rings. The average molecular weight is 344 g/mol. The Kier molecular flexibility index (Phi) is 4.90. The Morgan fingerprint density at radius 1 is 1.33 bits per heavy atom. The van der Waals surface area contributed by atoms with Gasteiger partial charge in [0.2, 0.25) is 11.1 Å². The number of nitrogens with one attached hydrogen (secondary N) is 1. The van der Waals surface area contributed by atoms with Crippen molar-refractivity contribution in [3.63, 3.8) is 0 Å². The first-order chi connectivity index (χ1) is 11.7. The summed E-state index contributed by atoms with van der Waals surface area (Å²) < 4.78 is 6.51. The summed E-state index contributed by atoms with van der Waals surface area (Å²) in [4.78, 5) is 12.0. The van der Waals surface area contributed by atoms with E-state index in [1.807, 2.05) is 24.3 Å². The van der Waals surface area contributed by atoms with Gasteiger partial charge in [-0.3, -0.25) is 4.79 Å². The molecular weight excluding hydrogens is 328 g/mol. The first-order valence-corrected chi connectivity index (χ1v) is 8.38. The number of carbonyl (C=O) groups is 1. The topological polar surface area (TPSA) is 98.7 Å². The zero-order valence-electron chi connectivity index (χ0n) is 13.3. The monoisotopic (exact) mass is 344 g/mol. The van der Waals surface area contributed by atoms with Gasteiger partial charge >= 0.3 is 0 Å². The lowest BCUT2D eigenvalue weighted by molar-refractivity contribution is -0.113. The SMILES string of the molecule is CCc1ccc(-n2nnnc2SCC(=O)Nc2cc(C)on2)cc1. The minimum Gasteiger partial charge on any atom is -0.360 e. The summed E-state index contributed by atoms with van der Waals surface area (Å²) in [6, 6.07) is 9.63. The summed E-state index contributed by atoms with van der Waals surface area (Å²) in [5, 5.41) is 18.6. The molecule has 0 aliphatic carbocycles. The van der Waals surface area contributed by atoms with Crippen molar-refractivity contribution in [3.05, 3.63) is 41.7 Å². The zero-order chi connectivity index (χ0) is 16.9. The second-order valence-corrected chi connectivity index (χ2v) is 6.00. The Bertz CT molecular complexity index is 827. The third-order valence-corrected chi connectivity index (χ3v) is 4.18. The molecule has 0 unspecified atom stereocenters. The van der Waals surface area contributed by atoms with E-state index >= 15 is 0 Å². The van der Waals surface area contributed by atoms with Crippen LogP contribution in [0.5, 0.6) is 0 Å². The molecule has 1 aromatic carbocycles. The summed E-state index contributed by atoms with van der Waals surface area (Å²) >= 11 is 1.25. The predicted molar refractivity (Wildman–Crippen MR) is 89.1 cm³/mol. The molecule has 0 aliphatic heterocycles. The van der Waals surface area contributed by atoms with Crippen LogP contribution in [-0.2, 0) is 11.2 Å². The van der Waals surface area contributed by atoms with E-state index in [1.54, 1.807) is 17.7 Å². The first kappa shape index (κ1) is 16.2. The molecule has 1 N–H and O–H groups in total. The summed E-state index contributed by atoms with van der Waals surface area (Å²) in [5.74, 6) is 0.994. The molecule has 0 aliphatic rings. The number of rotatable bonds is 6. The van der Waals surface area contributed by atoms with Gasteiger partial charge in [0, 0.05) is 6.07 Å². The Balaban J connectivity index is 1.63. The number of tetrazole rings is 1. The third kappa shape index (κ3) is 3.80. The van der Waals surface area contributed by atoms with Crippen molar-refractivity contribution in [3.8, 4) is 5.69 Å². The molecular formula is C15H16N6O2S. The number of benzene rings is 1. The first-order valence-electron chi connectivity index (χ1n) is 7.39. The normalized spacial score (nSPS) is 10.8. The summed E-state index contributed by atoms with van der Waals surface area (Å²) in [5.41, 5.74) is 2.09. The van der Waals surface area contributed by atoms with Crippen molar-refractivity contribution >= 4 is 23.5 Å². The van der Waals surface area contributed by atoms with Crippen LogP contribution in [0.3, 0.4) is 0 Å². The maximum atomic E-state index is 12.0. The minimum atomic E-state index is -0.204. The van der Waals surface area contributed by atoms with E-state index in [1.165, 1.54) is 17.3 Å². The van der Waals surface area contributed by atoms with Gasteiger partial charge in [0.1, 0.15) is 5.76 Å². The van der Waals surface area contributed by atoms with Gasteiger partial charge in [-0.05, 0) is 41.5 Å². The highest BCUT2D eigenvalue weighted by Crippen LogP contribution is 2.19. The number of hydrogen-bond donors (Lipinski definition) is 1. The molecule has 0 atom stereocenters. The van der Waals surface area contributed by atoms with Crippen molar-refractivity contribution in [2.75, 3.05) is 11.1 Å². The molecule has 9 heteroatoms. The lowest BCUT2D eigenvalue weighted by Crippen LogP contribution is -2.14. The number of thioether (sulfide) groups is 1. The van der Waals surface area contributed by atoms with Crippen LogP contribution in [0.4, 0.5) is 5.82 Å². The van der Waals surface area contributed by atoms with Crippen molar-refractivity contribution in [1.82, 2.24) is 25.4 Å². The Labute approximate surface area is 142 Å². The molecule has 124 valence electrons. The van der Waals surface area contributed by atoms with Gasteiger partial charge < -0.3 is 9.84 Å². The second kappa shape index (κ2) is 7.26. The summed E-state index contributed by atoms with van der Waals surface area (Å²) in [6.45, 7) is 3.86. The number of anilines is 1. The fraction of sp³-hybridized carbons (Fsp3) is 0.267. The fourth-order valence-corrected chi connectivity index (χ4v) is 2.73. The van der Waals surface area contributed by atoms with Gasteiger partial charge in [0.15, 0.2) is 5.82 Å². The predicted octanol–water partition coefficient (Wildman–Crippen LogP) is 2.25. The van der Waals surface area contributed by atoms with Crippen molar-refractivity contribution in [1.29, 1.82) is 0 Å². The van der Waals surface area contributed by atoms with Gasteiger partial charge in [0.25, 0.3) is 0 Å². The van der Waals surface area contributed by atoms with Gasteiger partial charge in [-0.15, -0.1) is 5.10 Å². The zero-order valence-corrected chi connectivity index (χ0v) is 14.1. The Morgan fingerprint density at radius 3 is 2.79 bits per heavy atom. The van der Waals surface area contributed by atoms with E-state index in [-0.39, 0.29) is 11.7 Å². The Hall–Kier alpha value is -2.68. The molecule has 0 radical (unpaired) electrons. The molecule has 3 rings (SSSR count). The number of aromatic nitrogens is 5. The minimum absolute atomic E-state index is 0.166. The van der Waals surface area contributed by atoms with E-state index in [0.717, 1.165) is 12.1 Å². The number of hydrogen-bond acceptors (Lipinski definition) is 7. The van der Waals surface area contributed by atoms with Crippen molar-refractivity contribution in [2.45, 2.75) is 25.4 Å². The average Bonchev–Trinajstić information content (AvgIpc) is 3.22. The number of nitrogens with zero attached hydrogens (tertiary/aromatic N) is 5. The van der Waals surface area contributed by atoms with E-state index in [9.17, 15) is 4.79 Å². The van der Waals surface area contributed by atoms with Gasteiger partial charge in [-0.25, -0.2) is 0 Å². The molecule has 0 saturated carbocycles. The highest BCUT2D eigenvalue weighted by molar-refractivity contribution is 7.99. The largest absolute Gasteiger partial charge is 0.360 e. The molecule has 0 bridgehead atoms. The lowest BCUT2D eigenvalue weighted by atomic mass is 10.1. The van der Waals surface area contributed by atoms with Crippen molar-refractivity contribution < 1.29 is 9.32 Å². The maximum Gasteiger partial charge on any atom is 0.236 e. The summed E-state index contributed by atoms with van der Waals surface area (Å²) in [7, 11) is 0. The molecule has 1 amide bonds. The van der Waals surface area contributed by atoms with Crippen LogP contribution in [-0.4, -0.2) is 37.0 Å². The van der Waals surface area contributed by atoms with Gasteiger partial charge in [0.05, 0.1) is 11.4 Å². The third-order valence-electron chi connectivity index (χ3n) is 3.26. The van der Waals surface area contributed by atoms with Gasteiger partial charge in [-0.1, -0.05) is 36.0 Å². The lowest BCUT2D eigenvalue weighted by Gasteiger charge is -2.05. The van der Waals surface area contributed by atoms with Crippen molar-refractivity contribution in [2.24, 2.45) is 0 Å². The number of carbonyl (C=O) groups excluding carboxylic acids is 1. The standard InChI is InChI=1S/C15H16N6O2S/c1-3-11-4-6-12(7-5-11)21-15(17-19-20-21)24-9-14(22)16-13-8-10(2)23-18-13/h4-8H,3,9H2,1-2H3,(H,16,18,22). The molecule has 0 saturated heterocycles. The molecule has 0 spiro atoms. The highest BCUT2D eigenvalue weighted by atomic mass is 32.2. The Morgan fingerprint density at radius 2 is 2.12 bits per heavy atom. The molecule has 2 aromatic heterocycles. The molecule has 24 heavy (non-hydrogen) atoms. The van der Waals surface area contributed by atoms with Crippen LogP contribution >= 0.6 is 11.8 Å². The smallest absolute Gasteiger partial charge is 0.236 e. The molecule has 3 aromatic rings. The van der Waals surface area contributed by atoms with Crippen LogP contribution < -0.4 is 5.32 Å². The van der Waals surface area contributed by atoms with Crippen LogP contribution in [0.2, 0.25) is 0 Å². The summed E-state index contributed by atoms with van der Waals surface area (Å²) in [6.07, 6.45) is 0.971. The number of aryl methyl sites for hydroxylation is 2. The second-order valence-electron chi connectivity index (χ2n) is 5.05. The van der Waals surface area contributed by atoms with E-state index in [4.69, 9.17) is 4.52 Å².